The largest absolute Gasteiger partial charge is 0.351 e. The van der Waals surface area contributed by atoms with Gasteiger partial charge in [0.15, 0.2) is 0 Å². The molecule has 2 heterocycles. The predicted molar refractivity (Wildman–Crippen MR) is 115 cm³/mol. The fourth-order valence-electron chi connectivity index (χ4n) is 3.50. The average Bonchev–Trinajstić information content (AvgIpc) is 3.13. The molecule has 0 radical (unpaired) electrons. The first-order valence-corrected chi connectivity index (χ1v) is 10.2. The summed E-state index contributed by atoms with van der Waals surface area (Å²) in [6.07, 6.45) is 0. The highest BCUT2D eigenvalue weighted by Gasteiger charge is 2.30. The van der Waals surface area contributed by atoms with Crippen LogP contribution < -0.4 is 11.1 Å². The zero-order valence-corrected chi connectivity index (χ0v) is 17.8. The molecule has 31 heavy (non-hydrogen) atoms. The van der Waals surface area contributed by atoms with E-state index in [1.807, 2.05) is 0 Å². The summed E-state index contributed by atoms with van der Waals surface area (Å²) in [5.74, 6) is -0.845. The van der Waals surface area contributed by atoms with E-state index in [4.69, 9.17) is 28.9 Å². The van der Waals surface area contributed by atoms with Crippen molar-refractivity contribution >= 4 is 35.1 Å². The van der Waals surface area contributed by atoms with Crippen molar-refractivity contribution in [3.8, 4) is 11.3 Å². The molecule has 160 valence electrons. The average molecular weight is 462 g/mol. The van der Waals surface area contributed by atoms with E-state index in [0.29, 0.717) is 40.1 Å². The maximum Gasteiger partial charge on any atom is 0.315 e. The van der Waals surface area contributed by atoms with Crippen LogP contribution in [0.15, 0.2) is 42.5 Å². The van der Waals surface area contributed by atoms with Crippen molar-refractivity contribution in [3.63, 3.8) is 0 Å². The van der Waals surface area contributed by atoms with Crippen molar-refractivity contribution in [1.29, 1.82) is 0 Å². The highest BCUT2D eigenvalue weighted by atomic mass is 35.5. The van der Waals surface area contributed by atoms with Crippen LogP contribution in [0.4, 0.5) is 9.18 Å². The summed E-state index contributed by atoms with van der Waals surface area (Å²) in [7, 11) is 0. The summed E-state index contributed by atoms with van der Waals surface area (Å²) in [4.78, 5) is 26.3. The van der Waals surface area contributed by atoms with Crippen LogP contribution in [0.25, 0.3) is 11.3 Å². The number of nitrogens with zero attached hydrogens (tertiary/aromatic N) is 3. The smallest absolute Gasteiger partial charge is 0.315 e. The third-order valence-corrected chi connectivity index (χ3v) is 5.79. The number of nitrogens with one attached hydrogen (secondary N) is 1. The molecule has 3 amide bonds. The number of urea groups is 1. The third kappa shape index (κ3) is 4.35. The highest BCUT2D eigenvalue weighted by molar-refractivity contribution is 6.42. The number of nitrogens with two attached hydrogens (primary N) is 1. The van der Waals surface area contributed by atoms with Gasteiger partial charge >= 0.3 is 6.03 Å². The normalized spacial score (nSPS) is 13.1. The van der Waals surface area contributed by atoms with Crippen molar-refractivity contribution in [2.45, 2.75) is 19.6 Å². The fourth-order valence-corrected chi connectivity index (χ4v) is 3.82. The van der Waals surface area contributed by atoms with E-state index in [-0.39, 0.29) is 18.7 Å². The van der Waals surface area contributed by atoms with E-state index < -0.39 is 17.8 Å². The molecule has 0 spiro atoms. The molecule has 0 fully saturated rings. The minimum Gasteiger partial charge on any atom is -0.351 e. The first-order chi connectivity index (χ1) is 14.8. The molecule has 2 aromatic carbocycles. The number of hydrogen-bond acceptors (Lipinski definition) is 3. The van der Waals surface area contributed by atoms with Gasteiger partial charge in [0.2, 0.25) is 0 Å². The predicted octanol–water partition coefficient (Wildman–Crippen LogP) is 3.82. The van der Waals surface area contributed by atoms with E-state index in [1.165, 1.54) is 17.0 Å². The summed E-state index contributed by atoms with van der Waals surface area (Å²) >= 11 is 12.0. The number of fused-ring (bicyclic) bond motifs is 1. The molecule has 0 aliphatic carbocycles. The van der Waals surface area contributed by atoms with Crippen LogP contribution >= 0.6 is 23.2 Å². The Labute approximate surface area is 187 Å². The van der Waals surface area contributed by atoms with Crippen molar-refractivity contribution in [2.75, 3.05) is 6.54 Å². The molecular formula is C21H18Cl2FN5O2. The molecular weight excluding hydrogens is 444 g/mol. The van der Waals surface area contributed by atoms with Gasteiger partial charge in [0.25, 0.3) is 5.91 Å². The molecule has 1 aromatic heterocycles. The van der Waals surface area contributed by atoms with Crippen LogP contribution in [-0.2, 0) is 19.6 Å². The fraction of sp³-hybridized carbons (Fsp3) is 0.190. The van der Waals surface area contributed by atoms with Crippen LogP contribution in [0.5, 0.6) is 0 Å². The number of aromatic nitrogens is 2. The summed E-state index contributed by atoms with van der Waals surface area (Å²) in [5.41, 5.74) is 7.81. The second kappa shape index (κ2) is 8.56. The van der Waals surface area contributed by atoms with Crippen LogP contribution in [0.2, 0.25) is 10.0 Å². The van der Waals surface area contributed by atoms with Gasteiger partial charge in [-0.3, -0.25) is 9.48 Å². The van der Waals surface area contributed by atoms with E-state index in [2.05, 4.69) is 10.4 Å². The molecule has 0 bridgehead atoms. The molecule has 7 nitrogen and oxygen atoms in total. The van der Waals surface area contributed by atoms with Crippen molar-refractivity contribution in [2.24, 2.45) is 5.73 Å². The second-order valence-corrected chi connectivity index (χ2v) is 7.91. The molecule has 4 rings (SSSR count). The number of primary amides is 1. The van der Waals surface area contributed by atoms with E-state index in [9.17, 15) is 14.0 Å². The monoisotopic (exact) mass is 461 g/mol. The quantitative estimate of drug-likeness (QED) is 0.618. The van der Waals surface area contributed by atoms with E-state index >= 15 is 0 Å². The third-order valence-electron chi connectivity index (χ3n) is 5.05. The van der Waals surface area contributed by atoms with Gasteiger partial charge in [-0.2, -0.15) is 5.10 Å². The van der Waals surface area contributed by atoms with Gasteiger partial charge in [-0.05, 0) is 29.8 Å². The molecule has 0 unspecified atom stereocenters. The van der Waals surface area contributed by atoms with Crippen LogP contribution in [0.3, 0.4) is 0 Å². The van der Waals surface area contributed by atoms with Crippen molar-refractivity contribution < 1.29 is 14.0 Å². The number of amides is 3. The zero-order valence-electron chi connectivity index (χ0n) is 16.2. The lowest BCUT2D eigenvalue weighted by Gasteiger charge is -2.26. The lowest BCUT2D eigenvalue weighted by Crippen LogP contribution is -2.42. The van der Waals surface area contributed by atoms with Crippen LogP contribution in [-0.4, -0.2) is 33.2 Å². The minimum absolute atomic E-state index is 0.132. The maximum atomic E-state index is 13.8. The lowest BCUT2D eigenvalue weighted by atomic mass is 10.0. The van der Waals surface area contributed by atoms with Gasteiger partial charge in [-0.1, -0.05) is 41.4 Å². The summed E-state index contributed by atoms with van der Waals surface area (Å²) in [6.45, 7) is 1.08. The molecule has 1 aliphatic rings. The standard InChI is InChI=1S/C21H18Cl2FN5O2/c22-15-5-4-12(8-16(15)23)10-26-20(30)18-17-11-28(21(25)31)6-7-29(17)27-19(18)13-2-1-3-14(24)9-13/h1-5,8-9H,6-7,10-11H2,(H2,25,31)(H,26,30). The van der Waals surface area contributed by atoms with Crippen molar-refractivity contribution in [1.82, 2.24) is 20.0 Å². The Kier molecular flexibility index (Phi) is 5.84. The second-order valence-electron chi connectivity index (χ2n) is 7.09. The van der Waals surface area contributed by atoms with Crippen LogP contribution in [0.1, 0.15) is 21.6 Å². The Morgan fingerprint density at radius 2 is 1.94 bits per heavy atom. The Bertz CT molecular complexity index is 1180. The number of carbonyl (C=O) groups is 2. The number of carbonyl (C=O) groups excluding carboxylic acids is 2. The molecule has 3 N–H and O–H groups in total. The lowest BCUT2D eigenvalue weighted by molar-refractivity contribution is 0.0948. The number of hydrogen-bond donors (Lipinski definition) is 2. The molecule has 1 aliphatic heterocycles. The first-order valence-electron chi connectivity index (χ1n) is 9.45. The Morgan fingerprint density at radius 3 is 2.65 bits per heavy atom. The van der Waals surface area contributed by atoms with Gasteiger partial charge < -0.3 is 16.0 Å². The first kappa shape index (κ1) is 21.1. The van der Waals surface area contributed by atoms with Crippen molar-refractivity contribution in [3.05, 3.63) is 75.1 Å². The van der Waals surface area contributed by atoms with Crippen LogP contribution in [0, 0.1) is 5.82 Å². The zero-order chi connectivity index (χ0) is 22.1. The minimum atomic E-state index is -0.582. The Hall–Kier alpha value is -3.10. The topological polar surface area (TPSA) is 93.2 Å². The molecule has 3 aromatic rings. The van der Waals surface area contributed by atoms with E-state index in [1.54, 1.807) is 35.0 Å². The SMILES string of the molecule is NC(=O)N1CCn2nc(-c3cccc(F)c3)c(C(=O)NCc3ccc(Cl)c(Cl)c3)c2C1. The molecule has 0 saturated heterocycles. The van der Waals surface area contributed by atoms with Gasteiger partial charge in [0, 0.05) is 18.7 Å². The summed E-state index contributed by atoms with van der Waals surface area (Å²) in [6, 6.07) is 10.4. The Balaban J connectivity index is 1.70. The van der Waals surface area contributed by atoms with E-state index in [0.717, 1.165) is 5.56 Å². The van der Waals surface area contributed by atoms with Gasteiger partial charge in [0.05, 0.1) is 34.4 Å². The number of halogens is 3. The maximum absolute atomic E-state index is 13.8. The number of rotatable bonds is 4. The number of benzene rings is 2. The summed E-state index contributed by atoms with van der Waals surface area (Å²) in [5, 5.41) is 8.18. The molecule has 0 saturated carbocycles. The van der Waals surface area contributed by atoms with Gasteiger partial charge in [-0.15, -0.1) is 0 Å². The molecule has 0 atom stereocenters. The summed E-state index contributed by atoms with van der Waals surface area (Å²) < 4.78 is 15.5. The molecule has 10 heteroatoms. The Morgan fingerprint density at radius 1 is 1.13 bits per heavy atom. The van der Waals surface area contributed by atoms with Gasteiger partial charge in [-0.25, -0.2) is 9.18 Å². The van der Waals surface area contributed by atoms with Gasteiger partial charge in [0.1, 0.15) is 11.5 Å². The highest BCUT2D eigenvalue weighted by Crippen LogP contribution is 2.29.